The van der Waals surface area contributed by atoms with Gasteiger partial charge < -0.3 is 14.2 Å². The molecule has 0 amide bonds. The molecule has 0 bridgehead atoms. The quantitative estimate of drug-likeness (QED) is 0.292. The summed E-state index contributed by atoms with van der Waals surface area (Å²) < 4.78 is 14.6. The first-order chi connectivity index (χ1) is 7.49. The van der Waals surface area contributed by atoms with Gasteiger partial charge in [-0.15, -0.1) is 0 Å². The van der Waals surface area contributed by atoms with Crippen LogP contribution in [0.25, 0.3) is 0 Å². The average Bonchev–Trinajstić information content (AvgIpc) is 2.95. The Morgan fingerprint density at radius 3 is 2.62 bits per heavy atom. The van der Waals surface area contributed by atoms with E-state index in [0.717, 1.165) is 6.26 Å². The zero-order valence-corrected chi connectivity index (χ0v) is 9.15. The van der Waals surface area contributed by atoms with Gasteiger partial charge in [-0.1, -0.05) is 13.2 Å². The van der Waals surface area contributed by atoms with E-state index in [1.165, 1.54) is 0 Å². The molecule has 0 spiro atoms. The fourth-order valence-corrected chi connectivity index (χ4v) is 1.06. The van der Waals surface area contributed by atoms with Crippen LogP contribution in [0.2, 0.25) is 0 Å². The minimum absolute atomic E-state index is 0.0327. The van der Waals surface area contributed by atoms with E-state index in [4.69, 9.17) is 9.47 Å². The van der Waals surface area contributed by atoms with E-state index < -0.39 is 17.5 Å². The Labute approximate surface area is 93.7 Å². The van der Waals surface area contributed by atoms with Gasteiger partial charge in [-0.05, 0) is 6.92 Å². The molecular formula is C11H14O5. The topological polar surface area (TPSA) is 65.1 Å². The molecule has 16 heavy (non-hydrogen) atoms. The van der Waals surface area contributed by atoms with Gasteiger partial charge in [0.1, 0.15) is 12.2 Å². The molecule has 88 valence electrons. The molecule has 1 unspecified atom stereocenters. The highest BCUT2D eigenvalue weighted by Gasteiger charge is 2.48. The van der Waals surface area contributed by atoms with Gasteiger partial charge in [0, 0.05) is 5.57 Å². The maximum Gasteiger partial charge on any atom is 0.333 e. The van der Waals surface area contributed by atoms with E-state index >= 15 is 0 Å². The second kappa shape index (κ2) is 4.94. The molecule has 1 atom stereocenters. The van der Waals surface area contributed by atoms with Crippen LogP contribution in [-0.2, 0) is 23.8 Å². The first kappa shape index (κ1) is 12.4. The van der Waals surface area contributed by atoms with Crippen molar-refractivity contribution >= 4 is 11.9 Å². The minimum Gasteiger partial charge on any atom is -0.459 e. The summed E-state index contributed by atoms with van der Waals surface area (Å²) in [4.78, 5) is 22.3. The minimum atomic E-state index is -0.717. The first-order valence-electron chi connectivity index (χ1n) is 4.76. The third kappa shape index (κ3) is 3.51. The molecule has 0 aromatic rings. The molecule has 5 heteroatoms. The Bertz CT molecular complexity index is 327. The van der Waals surface area contributed by atoms with E-state index in [1.54, 1.807) is 6.92 Å². The Kier molecular flexibility index (Phi) is 3.84. The number of carbonyl (C=O) groups excluding carboxylic acids is 2. The van der Waals surface area contributed by atoms with Crippen LogP contribution >= 0.6 is 0 Å². The Morgan fingerprint density at radius 2 is 2.19 bits per heavy atom. The highest BCUT2D eigenvalue weighted by Crippen LogP contribution is 2.31. The van der Waals surface area contributed by atoms with Crippen LogP contribution in [0.1, 0.15) is 13.3 Å². The van der Waals surface area contributed by atoms with Crippen molar-refractivity contribution in [1.29, 1.82) is 0 Å². The Balaban J connectivity index is 2.36. The predicted molar refractivity (Wildman–Crippen MR) is 55.4 cm³/mol. The molecule has 0 aliphatic carbocycles. The summed E-state index contributed by atoms with van der Waals surface area (Å²) in [6.45, 7) is 8.67. The number of ether oxygens (including phenoxy) is 3. The molecule has 0 saturated carbocycles. The van der Waals surface area contributed by atoms with Crippen LogP contribution in [0, 0.1) is 0 Å². The molecule has 0 radical (unpaired) electrons. The van der Waals surface area contributed by atoms with Gasteiger partial charge in [0.2, 0.25) is 0 Å². The van der Waals surface area contributed by atoms with Crippen molar-refractivity contribution in [2.45, 2.75) is 18.9 Å². The molecule has 1 aliphatic rings. The molecule has 1 fully saturated rings. The van der Waals surface area contributed by atoms with E-state index in [-0.39, 0.29) is 13.0 Å². The molecule has 0 N–H and O–H groups in total. The normalized spacial score (nSPS) is 22.1. The van der Waals surface area contributed by atoms with Gasteiger partial charge in [0.25, 0.3) is 0 Å². The van der Waals surface area contributed by atoms with E-state index in [1.807, 2.05) is 0 Å². The smallest absolute Gasteiger partial charge is 0.333 e. The fraction of sp³-hybridized carbons (Fsp3) is 0.455. The predicted octanol–water partition coefficient (Wildman–Crippen LogP) is 0.951. The van der Waals surface area contributed by atoms with Crippen LogP contribution in [0.4, 0.5) is 0 Å². The number of esters is 2. The summed E-state index contributed by atoms with van der Waals surface area (Å²) >= 11 is 0. The van der Waals surface area contributed by atoms with E-state index in [0.29, 0.717) is 12.2 Å². The van der Waals surface area contributed by atoms with Crippen LogP contribution < -0.4 is 0 Å². The SMILES string of the molecule is C=COC(=O)CC1(COC(=O)C(=C)C)CO1. The van der Waals surface area contributed by atoms with Crippen LogP contribution in [0.15, 0.2) is 25.0 Å². The molecule has 0 aromatic heterocycles. The van der Waals surface area contributed by atoms with Gasteiger partial charge in [0.15, 0.2) is 0 Å². The zero-order valence-electron chi connectivity index (χ0n) is 9.15. The van der Waals surface area contributed by atoms with Crippen molar-refractivity contribution < 1.29 is 23.8 Å². The second-order valence-electron chi connectivity index (χ2n) is 3.66. The summed E-state index contributed by atoms with van der Waals surface area (Å²) in [6.07, 6.45) is 1.10. The molecule has 0 aromatic carbocycles. The van der Waals surface area contributed by atoms with Crippen molar-refractivity contribution in [2.75, 3.05) is 13.2 Å². The molecule has 1 heterocycles. The molecule has 5 nitrogen and oxygen atoms in total. The van der Waals surface area contributed by atoms with Crippen LogP contribution in [0.3, 0.4) is 0 Å². The van der Waals surface area contributed by atoms with Gasteiger partial charge in [0.05, 0.1) is 19.3 Å². The summed E-state index contributed by atoms with van der Waals surface area (Å²) in [6, 6.07) is 0. The highest BCUT2D eigenvalue weighted by atomic mass is 16.6. The average molecular weight is 226 g/mol. The summed E-state index contributed by atoms with van der Waals surface area (Å²) in [5.74, 6) is -0.953. The summed E-state index contributed by atoms with van der Waals surface area (Å²) in [5, 5.41) is 0. The lowest BCUT2D eigenvalue weighted by Crippen LogP contribution is -2.26. The number of carbonyl (C=O) groups is 2. The zero-order chi connectivity index (χ0) is 12.2. The lowest BCUT2D eigenvalue weighted by Gasteiger charge is -2.10. The molecule has 1 aliphatic heterocycles. The largest absolute Gasteiger partial charge is 0.459 e. The first-order valence-corrected chi connectivity index (χ1v) is 4.76. The van der Waals surface area contributed by atoms with Gasteiger partial charge >= 0.3 is 11.9 Å². The van der Waals surface area contributed by atoms with Crippen LogP contribution in [0.5, 0.6) is 0 Å². The maximum atomic E-state index is 11.1. The molecule has 1 rings (SSSR count). The Hall–Kier alpha value is -1.62. The van der Waals surface area contributed by atoms with Crippen molar-refractivity contribution in [3.8, 4) is 0 Å². The van der Waals surface area contributed by atoms with Gasteiger partial charge in [-0.25, -0.2) is 4.79 Å². The van der Waals surface area contributed by atoms with Crippen molar-refractivity contribution in [3.05, 3.63) is 25.0 Å². The summed E-state index contributed by atoms with van der Waals surface area (Å²) in [7, 11) is 0. The van der Waals surface area contributed by atoms with E-state index in [9.17, 15) is 9.59 Å². The molecular weight excluding hydrogens is 212 g/mol. The Morgan fingerprint density at radius 1 is 1.56 bits per heavy atom. The third-order valence-corrected chi connectivity index (χ3v) is 2.05. The van der Waals surface area contributed by atoms with Crippen molar-refractivity contribution in [3.63, 3.8) is 0 Å². The number of hydrogen-bond donors (Lipinski definition) is 0. The standard InChI is InChI=1S/C11H14O5/c1-4-14-9(12)5-11(7-16-11)6-15-10(13)8(2)3/h4H,1-2,5-7H2,3H3. The lowest BCUT2D eigenvalue weighted by atomic mass is 10.1. The third-order valence-electron chi connectivity index (χ3n) is 2.05. The second-order valence-corrected chi connectivity index (χ2v) is 3.66. The van der Waals surface area contributed by atoms with Gasteiger partial charge in [-0.2, -0.15) is 0 Å². The summed E-state index contributed by atoms with van der Waals surface area (Å²) in [5.41, 5.74) is -0.407. The van der Waals surface area contributed by atoms with Crippen molar-refractivity contribution in [2.24, 2.45) is 0 Å². The number of epoxide rings is 1. The lowest BCUT2D eigenvalue weighted by molar-refractivity contribution is -0.145. The number of rotatable bonds is 6. The molecule has 1 saturated heterocycles. The number of hydrogen-bond acceptors (Lipinski definition) is 5. The van der Waals surface area contributed by atoms with Crippen molar-refractivity contribution in [1.82, 2.24) is 0 Å². The highest BCUT2D eigenvalue weighted by molar-refractivity contribution is 5.87. The maximum absolute atomic E-state index is 11.1. The van der Waals surface area contributed by atoms with E-state index in [2.05, 4.69) is 17.9 Å². The fourth-order valence-electron chi connectivity index (χ4n) is 1.06. The van der Waals surface area contributed by atoms with Crippen LogP contribution in [-0.4, -0.2) is 30.8 Å². The monoisotopic (exact) mass is 226 g/mol. The van der Waals surface area contributed by atoms with Gasteiger partial charge in [-0.3, -0.25) is 4.79 Å².